The van der Waals surface area contributed by atoms with Crippen LogP contribution in [0.5, 0.6) is 5.88 Å². The lowest BCUT2D eigenvalue weighted by molar-refractivity contribution is -0.127. The van der Waals surface area contributed by atoms with E-state index in [4.69, 9.17) is 19.9 Å². The average Bonchev–Trinajstić information content (AvgIpc) is 3.48. The van der Waals surface area contributed by atoms with Gasteiger partial charge >= 0.3 is 0 Å². The number of nitrogens with zero attached hydrogens (tertiary/aromatic N) is 2. The molecular weight excluding hydrogens is 395 g/mol. The fraction of sp³-hybridized carbons (Fsp3) is 0.650. The molecule has 0 radical (unpaired) electrons. The van der Waals surface area contributed by atoms with Crippen LogP contribution in [0.1, 0.15) is 29.8 Å². The Morgan fingerprint density at radius 1 is 1.33 bits per heavy atom. The summed E-state index contributed by atoms with van der Waals surface area (Å²) in [5, 5.41) is 2.84. The third-order valence-corrected chi connectivity index (χ3v) is 5.49. The molecule has 0 atom stereocenters. The second-order valence-corrected chi connectivity index (χ2v) is 8.23. The van der Waals surface area contributed by atoms with Gasteiger partial charge in [0, 0.05) is 13.1 Å². The van der Waals surface area contributed by atoms with Crippen molar-refractivity contribution in [3.05, 3.63) is 17.8 Å². The van der Waals surface area contributed by atoms with Crippen molar-refractivity contribution in [3.8, 4) is 5.88 Å². The molecule has 1 aliphatic carbocycles. The molecule has 0 aromatic carbocycles. The summed E-state index contributed by atoms with van der Waals surface area (Å²) in [7, 11) is 0. The van der Waals surface area contributed by atoms with Crippen molar-refractivity contribution in [3.63, 3.8) is 0 Å². The van der Waals surface area contributed by atoms with Crippen molar-refractivity contribution < 1.29 is 28.2 Å². The number of pyridine rings is 1. The molecule has 1 aromatic heterocycles. The number of primary amides is 1. The molecule has 3 fully saturated rings. The molecule has 3 aliphatic rings. The van der Waals surface area contributed by atoms with Gasteiger partial charge in [-0.25, -0.2) is 9.37 Å². The number of alkyl halides is 1. The van der Waals surface area contributed by atoms with E-state index in [2.05, 4.69) is 10.3 Å². The molecule has 30 heavy (non-hydrogen) atoms. The lowest BCUT2D eigenvalue weighted by Gasteiger charge is -2.41. The maximum absolute atomic E-state index is 12.8. The van der Waals surface area contributed by atoms with Crippen LogP contribution in [-0.2, 0) is 14.3 Å². The van der Waals surface area contributed by atoms with Gasteiger partial charge in [0.15, 0.2) is 0 Å². The van der Waals surface area contributed by atoms with Gasteiger partial charge < -0.3 is 30.2 Å². The van der Waals surface area contributed by atoms with Gasteiger partial charge in [-0.05, 0) is 30.9 Å². The Bertz CT molecular complexity index is 793. The highest BCUT2D eigenvalue weighted by molar-refractivity contribution is 5.94. The van der Waals surface area contributed by atoms with E-state index in [0.717, 1.165) is 18.5 Å². The summed E-state index contributed by atoms with van der Waals surface area (Å²) < 4.78 is 28.8. The molecule has 10 heteroatoms. The molecule has 0 bridgehead atoms. The summed E-state index contributed by atoms with van der Waals surface area (Å²) >= 11 is 0. The van der Waals surface area contributed by atoms with Gasteiger partial charge in [0.1, 0.15) is 18.1 Å². The SMILES string of the molecule is NC(=O)CC1(NC(=O)c2ccc(N3CC(OCCF)C3)c(OCC3CC3)n2)COC1. The highest BCUT2D eigenvalue weighted by Gasteiger charge is 2.42. The summed E-state index contributed by atoms with van der Waals surface area (Å²) in [5.74, 6) is 0.0141. The zero-order valence-electron chi connectivity index (χ0n) is 16.8. The first kappa shape index (κ1) is 20.8. The lowest BCUT2D eigenvalue weighted by atomic mass is 9.92. The number of rotatable bonds is 11. The van der Waals surface area contributed by atoms with Crippen LogP contribution in [0, 0.1) is 5.92 Å². The van der Waals surface area contributed by atoms with E-state index >= 15 is 0 Å². The monoisotopic (exact) mass is 422 g/mol. The number of amides is 2. The minimum atomic E-state index is -0.781. The van der Waals surface area contributed by atoms with Gasteiger partial charge in [-0.15, -0.1) is 0 Å². The van der Waals surface area contributed by atoms with Crippen LogP contribution in [0.15, 0.2) is 12.1 Å². The van der Waals surface area contributed by atoms with Crippen LogP contribution in [0.3, 0.4) is 0 Å². The van der Waals surface area contributed by atoms with E-state index in [-0.39, 0.29) is 38.0 Å². The number of carbonyl (C=O) groups is 2. The van der Waals surface area contributed by atoms with Gasteiger partial charge in [0.25, 0.3) is 5.91 Å². The minimum Gasteiger partial charge on any atom is -0.476 e. The van der Waals surface area contributed by atoms with Gasteiger partial charge in [0.2, 0.25) is 11.8 Å². The number of hydrogen-bond acceptors (Lipinski definition) is 7. The van der Waals surface area contributed by atoms with Crippen LogP contribution >= 0.6 is 0 Å². The minimum absolute atomic E-state index is 0.00983. The molecule has 3 N–H and O–H groups in total. The van der Waals surface area contributed by atoms with Gasteiger partial charge in [-0.1, -0.05) is 0 Å². The Balaban J connectivity index is 1.45. The largest absolute Gasteiger partial charge is 0.476 e. The Labute approximate surface area is 174 Å². The predicted molar refractivity (Wildman–Crippen MR) is 105 cm³/mol. The number of ether oxygens (including phenoxy) is 3. The van der Waals surface area contributed by atoms with Crippen molar-refractivity contribution in [1.29, 1.82) is 0 Å². The smallest absolute Gasteiger partial charge is 0.270 e. The third kappa shape index (κ3) is 4.81. The summed E-state index contributed by atoms with van der Waals surface area (Å²) in [5.41, 5.74) is 5.50. The Morgan fingerprint density at radius 3 is 2.70 bits per heavy atom. The molecular formula is C20H27FN4O5. The van der Waals surface area contributed by atoms with E-state index in [9.17, 15) is 14.0 Å². The van der Waals surface area contributed by atoms with Crippen molar-refractivity contribution in [2.45, 2.75) is 30.9 Å². The molecule has 4 rings (SSSR count). The second kappa shape index (κ2) is 8.73. The molecule has 1 aromatic rings. The number of anilines is 1. The molecule has 9 nitrogen and oxygen atoms in total. The lowest BCUT2D eigenvalue weighted by Crippen LogP contribution is -2.63. The van der Waals surface area contributed by atoms with E-state index in [1.54, 1.807) is 12.1 Å². The second-order valence-electron chi connectivity index (χ2n) is 8.23. The van der Waals surface area contributed by atoms with Crippen LogP contribution in [0.2, 0.25) is 0 Å². The zero-order valence-corrected chi connectivity index (χ0v) is 16.8. The van der Waals surface area contributed by atoms with Crippen molar-refractivity contribution in [1.82, 2.24) is 10.3 Å². The molecule has 1 saturated carbocycles. The van der Waals surface area contributed by atoms with Crippen molar-refractivity contribution in [2.24, 2.45) is 11.7 Å². The van der Waals surface area contributed by atoms with E-state index in [0.29, 0.717) is 31.5 Å². The Hall–Kier alpha value is -2.46. The van der Waals surface area contributed by atoms with Crippen LogP contribution < -0.4 is 20.7 Å². The van der Waals surface area contributed by atoms with Gasteiger partial charge in [0.05, 0.1) is 44.5 Å². The predicted octanol–water partition coefficient (Wildman–Crippen LogP) is 0.419. The number of hydrogen-bond donors (Lipinski definition) is 2. The maximum Gasteiger partial charge on any atom is 0.270 e. The zero-order chi connectivity index (χ0) is 21.1. The molecule has 2 saturated heterocycles. The number of aromatic nitrogens is 1. The normalized spacial score (nSPS) is 20.2. The Kier molecular flexibility index (Phi) is 6.05. The summed E-state index contributed by atoms with van der Waals surface area (Å²) in [4.78, 5) is 30.6. The molecule has 164 valence electrons. The van der Waals surface area contributed by atoms with Crippen LogP contribution in [-0.4, -0.2) is 74.6 Å². The Morgan fingerprint density at radius 2 is 2.10 bits per heavy atom. The highest BCUT2D eigenvalue weighted by Crippen LogP contribution is 2.34. The molecule has 0 unspecified atom stereocenters. The van der Waals surface area contributed by atoms with Gasteiger partial charge in [-0.3, -0.25) is 9.59 Å². The van der Waals surface area contributed by atoms with Crippen molar-refractivity contribution >= 4 is 17.5 Å². The van der Waals surface area contributed by atoms with E-state index in [1.807, 2.05) is 4.90 Å². The standard InChI is InChI=1S/C20H27FN4O5/c21-5-6-29-14-8-25(9-14)16-4-3-15(23-19(16)30-10-13-1-2-13)18(27)24-20(7-17(22)26)11-28-12-20/h3-4,13-14H,1-2,5-12H2,(H2,22,26)(H,24,27). The first-order valence-electron chi connectivity index (χ1n) is 10.2. The van der Waals surface area contributed by atoms with Crippen LogP contribution in [0.4, 0.5) is 10.1 Å². The van der Waals surface area contributed by atoms with E-state index in [1.165, 1.54) is 0 Å². The van der Waals surface area contributed by atoms with Crippen LogP contribution in [0.25, 0.3) is 0 Å². The quantitative estimate of drug-likeness (QED) is 0.531. The molecule has 0 spiro atoms. The average molecular weight is 422 g/mol. The van der Waals surface area contributed by atoms with Crippen molar-refractivity contribution in [2.75, 3.05) is 51.1 Å². The third-order valence-electron chi connectivity index (χ3n) is 5.49. The molecule has 2 aliphatic heterocycles. The van der Waals surface area contributed by atoms with E-state index < -0.39 is 24.0 Å². The fourth-order valence-corrected chi connectivity index (χ4v) is 3.54. The molecule has 3 heterocycles. The number of halogens is 1. The number of carbonyl (C=O) groups excluding carboxylic acids is 2. The highest BCUT2D eigenvalue weighted by atomic mass is 19.1. The summed E-state index contributed by atoms with van der Waals surface area (Å²) in [6.45, 7) is 1.85. The van der Waals surface area contributed by atoms with Gasteiger partial charge in [-0.2, -0.15) is 0 Å². The maximum atomic E-state index is 12.8. The molecule has 2 amide bonds. The topological polar surface area (TPSA) is 116 Å². The fourth-order valence-electron chi connectivity index (χ4n) is 3.54. The number of nitrogens with two attached hydrogens (primary N) is 1. The number of nitrogens with one attached hydrogen (secondary N) is 1. The summed E-state index contributed by atoms with van der Waals surface area (Å²) in [6.07, 6.45) is 2.25. The first-order chi connectivity index (χ1) is 14.5. The summed E-state index contributed by atoms with van der Waals surface area (Å²) in [6, 6.07) is 3.43. The first-order valence-corrected chi connectivity index (χ1v) is 10.2.